The Morgan fingerprint density at radius 1 is 1.14 bits per heavy atom. The quantitative estimate of drug-likeness (QED) is 0.155. The molecule has 1 aromatic rings. The molecule has 0 aromatic heterocycles. The standard InChI is InChI=1S/C42H65N5O8S/c1-7-27(3)42(8-2,37(50)43-26-56(53)32-18-19-32)45-36(49)41(6)21-31-23-47(41)35(48)34(29-13-9-10-14-29)44-38(51)54-25-40(4,5)20-12-17-28-15-11-16-30-22-46(24-33(28)30)39(52)55-31/h7,11,15-16,27,29,31-32,34-35,37,43,48,50H,1,8-10,12-14,17-26H2,2-6H3,(H,44,51)(H,45,49)/t27-,31+,34-,35?,37?,41?,42+,56?/m0/s1. The summed E-state index contributed by atoms with van der Waals surface area (Å²) >= 11 is 0. The molecule has 1 saturated heterocycles. The van der Waals surface area contributed by atoms with E-state index in [4.69, 9.17) is 9.47 Å². The number of aliphatic hydroxyl groups excluding tert-OH is 2. The molecule has 5 N–H and O–H groups in total. The van der Waals surface area contributed by atoms with E-state index in [2.05, 4.69) is 42.4 Å². The zero-order valence-corrected chi connectivity index (χ0v) is 34.8. The Labute approximate surface area is 335 Å². The number of amides is 3. The van der Waals surface area contributed by atoms with Crippen LogP contribution >= 0.6 is 0 Å². The smallest absolute Gasteiger partial charge is 0.410 e. The van der Waals surface area contributed by atoms with Crippen molar-refractivity contribution in [2.24, 2.45) is 17.3 Å². The van der Waals surface area contributed by atoms with Crippen molar-refractivity contribution >= 4 is 28.9 Å². The minimum atomic E-state index is -1.45. The van der Waals surface area contributed by atoms with Gasteiger partial charge in [-0.2, -0.15) is 0 Å². The number of carbonyl (C=O) groups is 3. The van der Waals surface area contributed by atoms with Crippen molar-refractivity contribution in [2.75, 3.05) is 19.0 Å². The van der Waals surface area contributed by atoms with Crippen molar-refractivity contribution in [3.8, 4) is 0 Å². The first-order valence-corrected chi connectivity index (χ1v) is 22.2. The Kier molecular flexibility index (Phi) is 13.3. The minimum Gasteiger partial charge on any atom is -0.449 e. The van der Waals surface area contributed by atoms with Gasteiger partial charge in [-0.15, -0.1) is 6.58 Å². The van der Waals surface area contributed by atoms with E-state index in [-0.39, 0.29) is 42.0 Å². The molecule has 0 radical (unpaired) electrons. The highest BCUT2D eigenvalue weighted by Crippen LogP contribution is 2.40. The van der Waals surface area contributed by atoms with E-state index < -0.39 is 70.5 Å². The van der Waals surface area contributed by atoms with Gasteiger partial charge in [-0.25, -0.2) is 9.59 Å². The molecule has 3 fully saturated rings. The van der Waals surface area contributed by atoms with Crippen LogP contribution in [-0.2, 0) is 44.6 Å². The number of rotatable bonds is 11. The number of cyclic esters (lactones) is 1. The fraction of sp³-hybridized carbons (Fsp3) is 0.738. The van der Waals surface area contributed by atoms with Crippen LogP contribution < -0.4 is 16.0 Å². The van der Waals surface area contributed by atoms with Crippen LogP contribution in [0.1, 0.15) is 116 Å². The van der Waals surface area contributed by atoms with Crippen LogP contribution in [0.2, 0.25) is 0 Å². The van der Waals surface area contributed by atoms with Gasteiger partial charge in [0.25, 0.3) is 0 Å². The molecule has 9 atom stereocenters. The zero-order chi connectivity index (χ0) is 40.4. The fourth-order valence-corrected chi connectivity index (χ4v) is 10.6. The molecule has 3 aliphatic heterocycles. The molecule has 13 nitrogen and oxygen atoms in total. The van der Waals surface area contributed by atoms with Gasteiger partial charge in [-0.3, -0.25) is 24.1 Å². The number of alkyl carbamates (subject to hydrolysis) is 1. The minimum absolute atomic E-state index is 0.0349. The topological polar surface area (TPSA) is 170 Å². The molecular formula is C42H65N5O8S. The second-order valence-corrected chi connectivity index (χ2v) is 19.7. The number of aliphatic hydroxyl groups is 2. The summed E-state index contributed by atoms with van der Waals surface area (Å²) in [5.41, 5.74) is 0.394. The first-order chi connectivity index (χ1) is 26.6. The van der Waals surface area contributed by atoms with Crippen LogP contribution in [0, 0.1) is 17.3 Å². The predicted molar refractivity (Wildman–Crippen MR) is 214 cm³/mol. The van der Waals surface area contributed by atoms with Crippen LogP contribution in [-0.4, -0.2) is 102 Å². The highest BCUT2D eigenvalue weighted by molar-refractivity contribution is 7.85. The maximum absolute atomic E-state index is 15.0. The van der Waals surface area contributed by atoms with Gasteiger partial charge in [-0.1, -0.05) is 64.8 Å². The second-order valence-electron chi connectivity index (χ2n) is 18.0. The Hall–Kier alpha value is -3.04. The van der Waals surface area contributed by atoms with Crippen molar-refractivity contribution in [3.63, 3.8) is 0 Å². The number of hydrogen-bond acceptors (Lipinski definition) is 10. The van der Waals surface area contributed by atoms with Gasteiger partial charge >= 0.3 is 12.2 Å². The van der Waals surface area contributed by atoms with Gasteiger partial charge < -0.3 is 30.3 Å². The van der Waals surface area contributed by atoms with E-state index in [1.54, 1.807) is 22.8 Å². The molecule has 56 heavy (non-hydrogen) atoms. The Bertz CT molecular complexity index is 1630. The van der Waals surface area contributed by atoms with Crippen LogP contribution in [0.3, 0.4) is 0 Å². The van der Waals surface area contributed by atoms with Gasteiger partial charge in [0.1, 0.15) is 24.1 Å². The lowest BCUT2D eigenvalue weighted by atomic mass is 9.79. The lowest BCUT2D eigenvalue weighted by Gasteiger charge is -2.46. The Balaban J connectivity index is 1.32. The second kappa shape index (κ2) is 17.4. The molecule has 3 amide bonds. The SMILES string of the molecule is C=C[C@H](C)[C@@](CC)(NC(=O)C1(C)C[C@@H]2CN1C(O)[C@H](C1CCCC1)NC(=O)OCC(C)(C)CCCc1cccc3c1CN(C3)C(=O)O2)C(O)NCS(=O)C1CC1. The molecule has 6 rings (SSSR count). The Morgan fingerprint density at radius 2 is 1.86 bits per heavy atom. The molecule has 1 aromatic carbocycles. The van der Waals surface area contributed by atoms with Crippen LogP contribution in [0.4, 0.5) is 9.59 Å². The fourth-order valence-electron chi connectivity index (χ4n) is 9.42. The van der Waals surface area contributed by atoms with E-state index in [0.29, 0.717) is 19.5 Å². The molecular weight excluding hydrogens is 735 g/mol. The third-order valence-corrected chi connectivity index (χ3v) is 15.0. The number of benzene rings is 1. The summed E-state index contributed by atoms with van der Waals surface area (Å²) in [5.74, 6) is -0.897. The maximum atomic E-state index is 15.0. The number of fused-ring (bicyclic) bond motifs is 3. The maximum Gasteiger partial charge on any atom is 0.410 e. The molecule has 312 valence electrons. The van der Waals surface area contributed by atoms with Crippen molar-refractivity contribution in [2.45, 2.75) is 159 Å². The Morgan fingerprint density at radius 3 is 2.54 bits per heavy atom. The van der Waals surface area contributed by atoms with E-state index >= 15 is 0 Å². The first kappa shape index (κ1) is 42.6. The van der Waals surface area contributed by atoms with Gasteiger partial charge in [0.15, 0.2) is 0 Å². The predicted octanol–water partition coefficient (Wildman–Crippen LogP) is 4.80. The zero-order valence-electron chi connectivity index (χ0n) is 34.0. The van der Waals surface area contributed by atoms with Gasteiger partial charge in [0.05, 0.1) is 24.1 Å². The number of nitrogens with zero attached hydrogens (tertiary/aromatic N) is 2. The van der Waals surface area contributed by atoms with E-state index in [0.717, 1.165) is 68.9 Å². The molecule has 2 saturated carbocycles. The van der Waals surface area contributed by atoms with Gasteiger partial charge in [-0.05, 0) is 86.3 Å². The largest absolute Gasteiger partial charge is 0.449 e. The van der Waals surface area contributed by atoms with E-state index in [1.807, 2.05) is 26.0 Å². The highest BCUT2D eigenvalue weighted by Gasteiger charge is 2.56. The van der Waals surface area contributed by atoms with Gasteiger partial charge in [0, 0.05) is 48.0 Å². The lowest BCUT2D eigenvalue weighted by molar-refractivity contribution is -0.146. The number of nitrogens with one attached hydrogen (secondary N) is 3. The molecule has 3 heterocycles. The molecule has 4 bridgehead atoms. The van der Waals surface area contributed by atoms with E-state index in [1.165, 1.54) is 5.56 Å². The summed E-state index contributed by atoms with van der Waals surface area (Å²) in [5, 5.41) is 33.5. The van der Waals surface area contributed by atoms with Crippen LogP contribution in [0.25, 0.3) is 0 Å². The third-order valence-electron chi connectivity index (χ3n) is 13.4. The molecule has 0 spiro atoms. The summed E-state index contributed by atoms with van der Waals surface area (Å²) < 4.78 is 24.8. The van der Waals surface area contributed by atoms with Crippen LogP contribution in [0.15, 0.2) is 30.9 Å². The average Bonchev–Trinajstić information content (AvgIpc) is 3.53. The molecule has 5 aliphatic rings. The third kappa shape index (κ3) is 9.14. The van der Waals surface area contributed by atoms with Crippen molar-refractivity contribution < 1.29 is 38.3 Å². The highest BCUT2D eigenvalue weighted by atomic mass is 32.2. The summed E-state index contributed by atoms with van der Waals surface area (Å²) in [6.45, 7) is 14.7. The summed E-state index contributed by atoms with van der Waals surface area (Å²) in [4.78, 5) is 45.8. The molecule has 5 unspecified atom stereocenters. The van der Waals surface area contributed by atoms with Crippen molar-refractivity contribution in [3.05, 3.63) is 47.5 Å². The average molecular weight is 800 g/mol. The summed E-state index contributed by atoms with van der Waals surface area (Å²) in [7, 11) is -1.16. The lowest BCUT2D eigenvalue weighted by Crippen LogP contribution is -2.70. The van der Waals surface area contributed by atoms with Crippen LogP contribution in [0.5, 0.6) is 0 Å². The first-order valence-electron chi connectivity index (χ1n) is 20.8. The number of hydrogen-bond donors (Lipinski definition) is 5. The number of carbonyl (C=O) groups excluding carboxylic acids is 3. The van der Waals surface area contributed by atoms with Gasteiger partial charge in [0.2, 0.25) is 5.91 Å². The van der Waals surface area contributed by atoms with E-state index in [9.17, 15) is 28.8 Å². The number of aryl methyl sites for hydroxylation is 1. The number of ether oxygens (including phenoxy) is 2. The molecule has 2 aliphatic carbocycles. The summed E-state index contributed by atoms with van der Waals surface area (Å²) in [6.07, 6.45) is 5.33. The molecule has 14 heteroatoms. The summed E-state index contributed by atoms with van der Waals surface area (Å²) in [6, 6.07) is 5.41. The normalized spacial score (nSPS) is 31.4. The van der Waals surface area contributed by atoms with Crippen molar-refractivity contribution in [1.82, 2.24) is 25.8 Å². The monoisotopic (exact) mass is 799 g/mol. The van der Waals surface area contributed by atoms with Crippen molar-refractivity contribution in [1.29, 1.82) is 0 Å².